The Hall–Kier alpha value is -1.40. The molecule has 1 aromatic carbocycles. The van der Waals surface area contributed by atoms with Crippen molar-refractivity contribution in [3.05, 3.63) is 29.3 Å². The molecule has 0 aromatic heterocycles. The summed E-state index contributed by atoms with van der Waals surface area (Å²) in [5.74, 6) is -1.18. The van der Waals surface area contributed by atoms with E-state index in [0.717, 1.165) is 4.90 Å². The molecule has 84 valence electrons. The lowest BCUT2D eigenvalue weighted by Gasteiger charge is -2.03. The van der Waals surface area contributed by atoms with E-state index in [2.05, 4.69) is 0 Å². The van der Waals surface area contributed by atoms with Crippen molar-refractivity contribution in [3.63, 3.8) is 0 Å². The van der Waals surface area contributed by atoms with Gasteiger partial charge in [-0.15, -0.1) is 0 Å². The van der Waals surface area contributed by atoms with Gasteiger partial charge in [-0.2, -0.15) is 0 Å². The number of carbonyl (C=O) groups is 2. The standard InChI is InChI=1S/C9H6ClNO4S/c1-11-8(12)5-3-2-4-6(16(10,14)15)7(5)9(11)13/h2-4H,1H3. The summed E-state index contributed by atoms with van der Waals surface area (Å²) >= 11 is 0. The van der Waals surface area contributed by atoms with E-state index in [4.69, 9.17) is 10.7 Å². The third kappa shape index (κ3) is 1.42. The van der Waals surface area contributed by atoms with E-state index in [9.17, 15) is 18.0 Å². The molecule has 0 bridgehead atoms. The van der Waals surface area contributed by atoms with Gasteiger partial charge >= 0.3 is 0 Å². The highest BCUT2D eigenvalue weighted by atomic mass is 35.7. The van der Waals surface area contributed by atoms with Crippen LogP contribution in [0.15, 0.2) is 23.1 Å². The van der Waals surface area contributed by atoms with Gasteiger partial charge in [0.1, 0.15) is 0 Å². The lowest BCUT2D eigenvalue weighted by atomic mass is 10.1. The fourth-order valence-electron chi connectivity index (χ4n) is 1.57. The van der Waals surface area contributed by atoms with Gasteiger partial charge in [0.15, 0.2) is 0 Å². The van der Waals surface area contributed by atoms with Crippen LogP contribution in [0, 0.1) is 0 Å². The van der Waals surface area contributed by atoms with Crippen molar-refractivity contribution in [1.82, 2.24) is 4.90 Å². The van der Waals surface area contributed by atoms with Crippen LogP contribution >= 0.6 is 10.7 Å². The zero-order valence-corrected chi connectivity index (χ0v) is 9.67. The number of imide groups is 1. The monoisotopic (exact) mass is 259 g/mol. The van der Waals surface area contributed by atoms with Gasteiger partial charge in [-0.1, -0.05) is 6.07 Å². The molecule has 0 radical (unpaired) electrons. The van der Waals surface area contributed by atoms with Gasteiger partial charge in [-0.3, -0.25) is 14.5 Å². The largest absolute Gasteiger partial charge is 0.277 e. The Morgan fingerprint density at radius 2 is 1.81 bits per heavy atom. The fourth-order valence-corrected chi connectivity index (χ4v) is 2.64. The molecule has 0 atom stereocenters. The normalized spacial score (nSPS) is 15.5. The van der Waals surface area contributed by atoms with E-state index in [1.165, 1.54) is 25.2 Å². The second-order valence-electron chi connectivity index (χ2n) is 3.29. The average molecular weight is 260 g/mol. The molecule has 0 N–H and O–H groups in total. The van der Waals surface area contributed by atoms with Crippen LogP contribution < -0.4 is 0 Å². The predicted octanol–water partition coefficient (Wildman–Crippen LogP) is 0.840. The summed E-state index contributed by atoms with van der Waals surface area (Å²) in [5.41, 5.74) is -0.0841. The fraction of sp³-hybridized carbons (Fsp3) is 0.111. The van der Waals surface area contributed by atoms with Gasteiger partial charge < -0.3 is 0 Å². The van der Waals surface area contributed by atoms with Gasteiger partial charge in [0.25, 0.3) is 20.9 Å². The number of carbonyl (C=O) groups excluding carboxylic acids is 2. The zero-order valence-electron chi connectivity index (χ0n) is 8.10. The second kappa shape index (κ2) is 3.29. The van der Waals surface area contributed by atoms with E-state index in [-0.39, 0.29) is 16.0 Å². The van der Waals surface area contributed by atoms with Crippen LogP contribution in [-0.4, -0.2) is 32.2 Å². The summed E-state index contributed by atoms with van der Waals surface area (Å²) < 4.78 is 22.5. The number of hydrogen-bond acceptors (Lipinski definition) is 4. The van der Waals surface area contributed by atoms with Crippen molar-refractivity contribution in [1.29, 1.82) is 0 Å². The molecule has 2 amide bonds. The first-order valence-corrected chi connectivity index (χ1v) is 6.55. The van der Waals surface area contributed by atoms with Crippen molar-refractivity contribution in [2.24, 2.45) is 0 Å². The quantitative estimate of drug-likeness (QED) is 0.553. The van der Waals surface area contributed by atoms with Crippen LogP contribution in [0.2, 0.25) is 0 Å². The molecule has 0 saturated heterocycles. The summed E-state index contributed by atoms with van der Waals surface area (Å²) in [5, 5.41) is 0. The molecule has 0 fully saturated rings. The molecule has 1 aromatic rings. The first-order valence-electron chi connectivity index (χ1n) is 4.24. The SMILES string of the molecule is CN1C(=O)c2cccc(S(=O)(=O)Cl)c2C1=O. The van der Waals surface area contributed by atoms with Gasteiger partial charge in [0.05, 0.1) is 16.0 Å². The summed E-state index contributed by atoms with van der Waals surface area (Å²) in [4.78, 5) is 23.7. The second-order valence-corrected chi connectivity index (χ2v) is 5.82. The highest BCUT2D eigenvalue weighted by molar-refractivity contribution is 8.13. The summed E-state index contributed by atoms with van der Waals surface area (Å²) in [6.07, 6.45) is 0. The molecule has 0 spiro atoms. The maximum Gasteiger partial charge on any atom is 0.262 e. The number of halogens is 1. The van der Waals surface area contributed by atoms with Crippen molar-refractivity contribution in [2.45, 2.75) is 4.90 Å². The molecule has 5 nitrogen and oxygen atoms in total. The molecule has 0 unspecified atom stereocenters. The topological polar surface area (TPSA) is 71.5 Å². The zero-order chi connectivity index (χ0) is 12.1. The Kier molecular flexibility index (Phi) is 2.28. The molecule has 0 aliphatic carbocycles. The van der Waals surface area contributed by atoms with Crippen LogP contribution in [0.5, 0.6) is 0 Å². The minimum Gasteiger partial charge on any atom is -0.277 e. The Bertz CT molecular complexity index is 608. The van der Waals surface area contributed by atoms with E-state index in [1.54, 1.807) is 0 Å². The molecule has 0 saturated carbocycles. The average Bonchev–Trinajstić information content (AvgIpc) is 2.43. The first-order chi connectivity index (χ1) is 7.34. The highest BCUT2D eigenvalue weighted by Crippen LogP contribution is 2.29. The van der Waals surface area contributed by atoms with Crippen LogP contribution in [0.25, 0.3) is 0 Å². The van der Waals surface area contributed by atoms with Crippen LogP contribution in [-0.2, 0) is 9.05 Å². The Morgan fingerprint density at radius 3 is 2.38 bits per heavy atom. The number of benzene rings is 1. The summed E-state index contributed by atoms with van der Waals surface area (Å²) in [6, 6.07) is 3.97. The van der Waals surface area contributed by atoms with Crippen molar-refractivity contribution in [2.75, 3.05) is 7.05 Å². The molecular formula is C9H6ClNO4S. The highest BCUT2D eigenvalue weighted by Gasteiger charge is 2.37. The minimum atomic E-state index is -4.04. The Labute approximate surface area is 96.0 Å². The van der Waals surface area contributed by atoms with Gasteiger partial charge in [0.2, 0.25) is 0 Å². The molecule has 1 aliphatic heterocycles. The van der Waals surface area contributed by atoms with E-state index in [0.29, 0.717) is 0 Å². The molecular weight excluding hydrogens is 254 g/mol. The maximum atomic E-state index is 11.7. The lowest BCUT2D eigenvalue weighted by Crippen LogP contribution is -2.24. The van der Waals surface area contributed by atoms with Gasteiger partial charge in [-0.05, 0) is 12.1 Å². The molecule has 7 heteroatoms. The van der Waals surface area contributed by atoms with Crippen molar-refractivity contribution < 1.29 is 18.0 Å². The summed E-state index contributed by atoms with van der Waals surface area (Å²) in [7, 11) is 2.44. The Morgan fingerprint density at radius 1 is 1.19 bits per heavy atom. The Balaban J connectivity index is 2.83. The first kappa shape index (κ1) is 11.1. The number of fused-ring (bicyclic) bond motifs is 1. The minimum absolute atomic E-state index is 0.0641. The molecule has 16 heavy (non-hydrogen) atoms. The number of hydrogen-bond donors (Lipinski definition) is 0. The summed E-state index contributed by atoms with van der Waals surface area (Å²) in [6.45, 7) is 0. The van der Waals surface area contributed by atoms with Crippen LogP contribution in [0.3, 0.4) is 0 Å². The van der Waals surface area contributed by atoms with E-state index < -0.39 is 20.9 Å². The predicted molar refractivity (Wildman–Crippen MR) is 55.9 cm³/mol. The number of nitrogens with zero attached hydrogens (tertiary/aromatic N) is 1. The van der Waals surface area contributed by atoms with Crippen molar-refractivity contribution in [3.8, 4) is 0 Å². The van der Waals surface area contributed by atoms with E-state index in [1.807, 2.05) is 0 Å². The molecule has 1 heterocycles. The van der Waals surface area contributed by atoms with Gasteiger partial charge in [0, 0.05) is 17.7 Å². The van der Waals surface area contributed by atoms with E-state index >= 15 is 0 Å². The number of rotatable bonds is 1. The smallest absolute Gasteiger partial charge is 0.262 e. The lowest BCUT2D eigenvalue weighted by molar-refractivity contribution is 0.0692. The third-order valence-electron chi connectivity index (χ3n) is 2.34. The van der Waals surface area contributed by atoms with Crippen LogP contribution in [0.4, 0.5) is 0 Å². The van der Waals surface area contributed by atoms with Crippen molar-refractivity contribution >= 4 is 31.5 Å². The van der Waals surface area contributed by atoms with Crippen LogP contribution in [0.1, 0.15) is 20.7 Å². The molecule has 1 aliphatic rings. The van der Waals surface area contributed by atoms with Gasteiger partial charge in [-0.25, -0.2) is 8.42 Å². The third-order valence-corrected chi connectivity index (χ3v) is 3.71. The molecule has 2 rings (SSSR count). The maximum absolute atomic E-state index is 11.7. The number of amides is 2.